The first kappa shape index (κ1) is 16.7. The number of amides is 3. The van der Waals surface area contributed by atoms with Crippen molar-refractivity contribution < 1.29 is 23.1 Å². The second-order valence-corrected chi connectivity index (χ2v) is 7.50. The largest absolute Gasteiger partial charge is 0.482 e. The van der Waals surface area contributed by atoms with Crippen molar-refractivity contribution in [2.24, 2.45) is 5.92 Å². The maximum Gasteiger partial charge on any atom is 0.329 e. The molecule has 7 heteroatoms. The normalized spacial score (nSPS) is 24.3. The molecule has 24 heavy (non-hydrogen) atoms. The summed E-state index contributed by atoms with van der Waals surface area (Å²) in [6.07, 6.45) is 1.69. The van der Waals surface area contributed by atoms with Gasteiger partial charge in [-0.1, -0.05) is 0 Å². The minimum atomic E-state index is -1.01. The Morgan fingerprint density at radius 3 is 2.21 bits per heavy atom. The highest BCUT2D eigenvalue weighted by molar-refractivity contribution is 6.23. The Balaban J connectivity index is 1.96. The maximum absolute atomic E-state index is 14.3. The fourth-order valence-corrected chi connectivity index (χ4v) is 2.91. The third kappa shape index (κ3) is 2.72. The Hall–Kier alpha value is -2.18. The van der Waals surface area contributed by atoms with Crippen molar-refractivity contribution in [1.82, 2.24) is 5.32 Å². The van der Waals surface area contributed by atoms with Crippen LogP contribution in [0.4, 0.5) is 19.3 Å². The lowest BCUT2D eigenvalue weighted by Crippen LogP contribution is -2.46. The van der Waals surface area contributed by atoms with Crippen LogP contribution in [0.2, 0.25) is 0 Å². The van der Waals surface area contributed by atoms with Crippen LogP contribution in [0, 0.1) is 17.6 Å². The van der Waals surface area contributed by atoms with Crippen LogP contribution >= 0.6 is 0 Å². The molecular formula is C17H20F2N2O3. The summed E-state index contributed by atoms with van der Waals surface area (Å²) >= 11 is 0. The number of hydrogen-bond acceptors (Lipinski definition) is 3. The molecule has 5 nitrogen and oxygen atoms in total. The van der Waals surface area contributed by atoms with Gasteiger partial charge in [0.05, 0.1) is 5.69 Å². The van der Waals surface area contributed by atoms with Crippen LogP contribution in [0.25, 0.3) is 0 Å². The van der Waals surface area contributed by atoms with Crippen LogP contribution < -0.4 is 15.0 Å². The fourth-order valence-electron chi connectivity index (χ4n) is 2.91. The second kappa shape index (κ2) is 5.16. The van der Waals surface area contributed by atoms with E-state index in [0.29, 0.717) is 0 Å². The molecule has 1 unspecified atom stereocenters. The third-order valence-corrected chi connectivity index (χ3v) is 4.26. The molecule has 1 atom stereocenters. The minimum absolute atomic E-state index is 0.0668. The predicted octanol–water partition coefficient (Wildman–Crippen LogP) is 3.37. The van der Waals surface area contributed by atoms with Crippen molar-refractivity contribution in [1.29, 1.82) is 0 Å². The number of urea groups is 1. The van der Waals surface area contributed by atoms with E-state index in [2.05, 4.69) is 5.32 Å². The number of benzene rings is 1. The third-order valence-electron chi connectivity index (χ3n) is 4.26. The highest BCUT2D eigenvalue weighted by atomic mass is 19.1. The summed E-state index contributed by atoms with van der Waals surface area (Å²) in [6, 6.07) is 1.22. The van der Waals surface area contributed by atoms with Crippen molar-refractivity contribution in [3.63, 3.8) is 0 Å². The number of ether oxygens (including phenoxy) is 1. The van der Waals surface area contributed by atoms with Gasteiger partial charge in [0.2, 0.25) is 0 Å². The maximum atomic E-state index is 14.3. The molecule has 2 aliphatic rings. The summed E-state index contributed by atoms with van der Waals surface area (Å²) in [5.41, 5.74) is -1.93. The van der Waals surface area contributed by atoms with Gasteiger partial charge in [-0.25, -0.2) is 18.5 Å². The van der Waals surface area contributed by atoms with Crippen LogP contribution in [0.15, 0.2) is 12.1 Å². The molecule has 2 fully saturated rings. The van der Waals surface area contributed by atoms with Crippen molar-refractivity contribution >= 4 is 17.6 Å². The molecule has 1 aliphatic carbocycles. The van der Waals surface area contributed by atoms with Crippen molar-refractivity contribution in [2.75, 3.05) is 4.90 Å². The molecular weight excluding hydrogens is 318 g/mol. The molecule has 0 aromatic heterocycles. The van der Waals surface area contributed by atoms with E-state index in [4.69, 9.17) is 4.74 Å². The second-order valence-electron chi connectivity index (χ2n) is 7.50. The predicted molar refractivity (Wildman–Crippen MR) is 83.9 cm³/mol. The van der Waals surface area contributed by atoms with Crippen molar-refractivity contribution in [2.45, 2.75) is 51.7 Å². The lowest BCUT2D eigenvalue weighted by Gasteiger charge is -2.23. The molecule has 1 aromatic rings. The van der Waals surface area contributed by atoms with E-state index >= 15 is 0 Å². The number of nitrogens with one attached hydrogen (secondary N) is 1. The number of hydrogen-bond donors (Lipinski definition) is 1. The van der Waals surface area contributed by atoms with Gasteiger partial charge in [-0.3, -0.25) is 4.79 Å². The summed E-state index contributed by atoms with van der Waals surface area (Å²) in [5, 5.41) is 2.64. The van der Waals surface area contributed by atoms with E-state index < -0.39 is 40.5 Å². The monoisotopic (exact) mass is 338 g/mol. The molecule has 3 amide bonds. The number of halogens is 2. The molecule has 1 aromatic carbocycles. The van der Waals surface area contributed by atoms with E-state index in [1.165, 1.54) is 0 Å². The van der Waals surface area contributed by atoms with Gasteiger partial charge in [-0.2, -0.15) is 0 Å². The molecule has 1 saturated carbocycles. The molecule has 1 heterocycles. The fraction of sp³-hybridized carbons (Fsp3) is 0.529. The average Bonchev–Trinajstić information content (AvgIpc) is 3.23. The SMILES string of the molecule is CC(C)(C)Oc1c(F)cc(N2C(=O)NC(C)(C3CC3)C2=O)cc1F. The zero-order valence-electron chi connectivity index (χ0n) is 14.1. The van der Waals surface area contributed by atoms with E-state index in [1.54, 1.807) is 27.7 Å². The summed E-state index contributed by atoms with van der Waals surface area (Å²) < 4.78 is 33.8. The zero-order chi connectivity index (χ0) is 17.9. The van der Waals surface area contributed by atoms with Gasteiger partial charge in [0.1, 0.15) is 11.1 Å². The highest BCUT2D eigenvalue weighted by Crippen LogP contribution is 2.44. The Morgan fingerprint density at radius 1 is 1.21 bits per heavy atom. The van der Waals surface area contributed by atoms with Crippen molar-refractivity contribution in [3.05, 3.63) is 23.8 Å². The zero-order valence-corrected chi connectivity index (χ0v) is 14.1. The lowest BCUT2D eigenvalue weighted by atomic mass is 9.96. The van der Waals surface area contributed by atoms with Gasteiger partial charge >= 0.3 is 6.03 Å². The molecule has 1 N–H and O–H groups in total. The summed E-state index contributed by atoms with van der Waals surface area (Å²) in [6.45, 7) is 6.64. The summed E-state index contributed by atoms with van der Waals surface area (Å²) in [4.78, 5) is 25.6. The molecule has 130 valence electrons. The first-order valence-electron chi connectivity index (χ1n) is 7.88. The summed E-state index contributed by atoms with van der Waals surface area (Å²) in [5.74, 6) is -2.86. The Morgan fingerprint density at radius 2 is 1.75 bits per heavy atom. The van der Waals surface area contributed by atoms with Crippen LogP contribution in [-0.4, -0.2) is 23.1 Å². The topological polar surface area (TPSA) is 58.6 Å². The Labute approximate surface area is 139 Å². The number of rotatable bonds is 3. The Bertz CT molecular complexity index is 702. The molecule has 3 rings (SSSR count). The smallest absolute Gasteiger partial charge is 0.329 e. The number of nitrogens with zero attached hydrogens (tertiary/aromatic N) is 1. The van der Waals surface area contributed by atoms with Gasteiger partial charge in [-0.05, 0) is 46.5 Å². The molecule has 0 spiro atoms. The minimum Gasteiger partial charge on any atom is -0.482 e. The Kier molecular flexibility index (Phi) is 3.58. The highest BCUT2D eigenvalue weighted by Gasteiger charge is 2.56. The molecule has 1 saturated heterocycles. The quantitative estimate of drug-likeness (QED) is 0.860. The van der Waals surface area contributed by atoms with E-state index in [1.807, 2.05) is 0 Å². The number of carbonyl (C=O) groups is 2. The van der Waals surface area contributed by atoms with Gasteiger partial charge in [-0.15, -0.1) is 0 Å². The van der Waals surface area contributed by atoms with Crippen LogP contribution in [0.1, 0.15) is 40.5 Å². The van der Waals surface area contributed by atoms with Gasteiger partial charge in [0, 0.05) is 12.1 Å². The summed E-state index contributed by atoms with van der Waals surface area (Å²) in [7, 11) is 0. The molecule has 0 bridgehead atoms. The van der Waals surface area contributed by atoms with Crippen LogP contribution in [-0.2, 0) is 4.79 Å². The molecule has 1 aliphatic heterocycles. The average molecular weight is 338 g/mol. The van der Waals surface area contributed by atoms with Gasteiger partial charge in [0.25, 0.3) is 5.91 Å². The van der Waals surface area contributed by atoms with Gasteiger partial charge in [0.15, 0.2) is 17.4 Å². The van der Waals surface area contributed by atoms with E-state index in [-0.39, 0.29) is 11.6 Å². The van der Waals surface area contributed by atoms with Gasteiger partial charge < -0.3 is 10.1 Å². The standard InChI is InChI=1S/C17H20F2N2O3/c1-16(2,3)24-13-11(18)7-10(8-12(13)19)21-14(22)17(4,9-5-6-9)20-15(21)23/h7-9H,5-6H2,1-4H3,(H,20,23). The first-order chi connectivity index (χ1) is 11.0. The van der Waals surface area contributed by atoms with Crippen LogP contribution in [0.5, 0.6) is 5.75 Å². The van der Waals surface area contributed by atoms with Crippen molar-refractivity contribution in [3.8, 4) is 5.75 Å². The number of anilines is 1. The molecule has 0 radical (unpaired) electrons. The number of imide groups is 1. The first-order valence-corrected chi connectivity index (χ1v) is 7.88. The number of carbonyl (C=O) groups excluding carboxylic acids is 2. The van der Waals surface area contributed by atoms with E-state index in [9.17, 15) is 18.4 Å². The lowest BCUT2D eigenvalue weighted by molar-refractivity contribution is -0.122. The van der Waals surface area contributed by atoms with Crippen LogP contribution in [0.3, 0.4) is 0 Å². The van der Waals surface area contributed by atoms with E-state index in [0.717, 1.165) is 29.9 Å².